The molecule has 1 aliphatic rings. The number of amides is 3. The summed E-state index contributed by atoms with van der Waals surface area (Å²) in [5.41, 5.74) is 1.66. The minimum atomic E-state index is -0.460. The molecule has 0 bridgehead atoms. The van der Waals surface area contributed by atoms with E-state index >= 15 is 0 Å². The summed E-state index contributed by atoms with van der Waals surface area (Å²) in [7, 11) is 0. The maximum absolute atomic E-state index is 12.2. The quantitative estimate of drug-likeness (QED) is 0.448. The third-order valence-electron chi connectivity index (χ3n) is 4.32. The average molecular weight is 388 g/mol. The largest absolute Gasteiger partial charge is 0.481 e. The highest BCUT2D eigenvalue weighted by atomic mass is 16.5. The number of para-hydroxylation sites is 1. The zero-order valence-corrected chi connectivity index (χ0v) is 15.8. The molecule has 0 aliphatic carbocycles. The highest BCUT2D eigenvalue weighted by Gasteiger charge is 2.36. The van der Waals surface area contributed by atoms with E-state index in [-0.39, 0.29) is 19.7 Å². The van der Waals surface area contributed by atoms with Gasteiger partial charge in [-0.15, -0.1) is 6.58 Å². The van der Waals surface area contributed by atoms with E-state index in [0.717, 1.165) is 16.2 Å². The lowest BCUT2D eigenvalue weighted by molar-refractivity contribution is -0.121. The van der Waals surface area contributed by atoms with E-state index in [0.29, 0.717) is 17.5 Å². The van der Waals surface area contributed by atoms with Crippen molar-refractivity contribution in [1.82, 2.24) is 10.2 Å². The second kappa shape index (κ2) is 9.38. The number of nitrogens with zero attached hydrogens (tertiary/aromatic N) is 1. The first kappa shape index (κ1) is 19.9. The van der Waals surface area contributed by atoms with Crippen molar-refractivity contribution in [1.29, 1.82) is 0 Å². The number of hydrogen-bond donors (Lipinski definition) is 1. The maximum atomic E-state index is 12.2. The molecule has 0 aromatic heterocycles. The molecule has 0 atom stereocenters. The molecule has 2 aromatic rings. The molecule has 6 nitrogen and oxygen atoms in total. The minimum Gasteiger partial charge on any atom is -0.481 e. The summed E-state index contributed by atoms with van der Waals surface area (Å²) in [5.74, 6) is 4.98. The van der Waals surface area contributed by atoms with Crippen molar-refractivity contribution in [2.24, 2.45) is 0 Å². The molecule has 3 rings (SSSR count). The number of rotatable bonds is 7. The first-order chi connectivity index (χ1) is 14.1. The molecule has 0 unspecified atom stereocenters. The topological polar surface area (TPSA) is 75.7 Å². The van der Waals surface area contributed by atoms with Gasteiger partial charge in [0.15, 0.2) is 0 Å². The summed E-state index contributed by atoms with van der Waals surface area (Å²) >= 11 is 0. The van der Waals surface area contributed by atoms with Crippen molar-refractivity contribution in [3.8, 4) is 17.6 Å². The predicted octanol–water partition coefficient (Wildman–Crippen LogP) is 2.21. The number of carbonyl (C=O) groups excluding carboxylic acids is 3. The Kier molecular flexibility index (Phi) is 6.43. The molecule has 1 aliphatic heterocycles. The molecular formula is C23H20N2O4. The number of ether oxygens (including phenoxy) is 1. The van der Waals surface area contributed by atoms with Crippen LogP contribution in [0.4, 0.5) is 0 Å². The Balaban J connectivity index is 1.44. The van der Waals surface area contributed by atoms with Gasteiger partial charge in [0.2, 0.25) is 5.91 Å². The maximum Gasteiger partial charge on any atom is 0.262 e. The Labute approximate surface area is 169 Å². The van der Waals surface area contributed by atoms with Crippen LogP contribution in [0, 0.1) is 11.8 Å². The fraction of sp³-hybridized carbons (Fsp3) is 0.174. The molecule has 1 heterocycles. The van der Waals surface area contributed by atoms with E-state index in [4.69, 9.17) is 4.74 Å². The Morgan fingerprint density at radius 3 is 2.38 bits per heavy atom. The number of fused-ring (bicyclic) bond motifs is 1. The zero-order valence-electron chi connectivity index (χ0n) is 15.8. The first-order valence-electron chi connectivity index (χ1n) is 9.11. The summed E-state index contributed by atoms with van der Waals surface area (Å²) in [6.07, 6.45) is 2.51. The average Bonchev–Trinajstić information content (AvgIpc) is 2.97. The fourth-order valence-electron chi connectivity index (χ4n) is 2.92. The number of hydrogen-bond acceptors (Lipinski definition) is 4. The first-order valence-corrected chi connectivity index (χ1v) is 9.11. The van der Waals surface area contributed by atoms with Gasteiger partial charge in [0, 0.05) is 0 Å². The van der Waals surface area contributed by atoms with Gasteiger partial charge in [-0.25, -0.2) is 0 Å². The van der Waals surface area contributed by atoms with Crippen LogP contribution in [-0.4, -0.2) is 42.3 Å². The van der Waals surface area contributed by atoms with E-state index < -0.39 is 17.7 Å². The molecule has 0 radical (unpaired) electrons. The molecule has 1 N–H and O–H groups in total. The van der Waals surface area contributed by atoms with Gasteiger partial charge in [-0.2, -0.15) is 0 Å². The SMILES string of the molecule is C=CCc1ccccc1OCC#CCNC(=O)CN1C(=O)c2ccccc2C1=O. The highest BCUT2D eigenvalue weighted by molar-refractivity contribution is 6.22. The van der Waals surface area contributed by atoms with Crippen molar-refractivity contribution >= 4 is 17.7 Å². The van der Waals surface area contributed by atoms with Crippen LogP contribution < -0.4 is 10.1 Å². The Morgan fingerprint density at radius 2 is 1.69 bits per heavy atom. The molecule has 6 heteroatoms. The van der Waals surface area contributed by atoms with E-state index in [1.165, 1.54) is 0 Å². The van der Waals surface area contributed by atoms with E-state index in [1.807, 2.05) is 24.3 Å². The molecule has 0 saturated carbocycles. The Hall–Kier alpha value is -3.85. The third kappa shape index (κ3) is 4.71. The Morgan fingerprint density at radius 1 is 1.03 bits per heavy atom. The van der Waals surface area contributed by atoms with Crippen molar-refractivity contribution in [3.05, 3.63) is 77.9 Å². The number of benzene rings is 2. The van der Waals surface area contributed by atoms with Gasteiger partial charge in [0.05, 0.1) is 17.7 Å². The monoisotopic (exact) mass is 388 g/mol. The molecular weight excluding hydrogens is 368 g/mol. The molecule has 2 aromatic carbocycles. The summed E-state index contributed by atoms with van der Waals surface area (Å²) in [5, 5.41) is 2.58. The number of imide groups is 1. The van der Waals surface area contributed by atoms with Gasteiger partial charge < -0.3 is 10.1 Å². The smallest absolute Gasteiger partial charge is 0.262 e. The van der Waals surface area contributed by atoms with Crippen LogP contribution in [0.5, 0.6) is 5.75 Å². The lowest BCUT2D eigenvalue weighted by Crippen LogP contribution is -2.40. The van der Waals surface area contributed by atoms with Crippen LogP contribution in [0.2, 0.25) is 0 Å². The number of nitrogens with one attached hydrogen (secondary N) is 1. The van der Waals surface area contributed by atoms with Crippen LogP contribution in [-0.2, 0) is 11.2 Å². The normalized spacial score (nSPS) is 12.1. The number of carbonyl (C=O) groups is 3. The fourth-order valence-corrected chi connectivity index (χ4v) is 2.92. The molecule has 0 spiro atoms. The lowest BCUT2D eigenvalue weighted by Gasteiger charge is -2.12. The van der Waals surface area contributed by atoms with Crippen molar-refractivity contribution < 1.29 is 19.1 Å². The second-order valence-corrected chi connectivity index (χ2v) is 6.26. The van der Waals surface area contributed by atoms with Crippen LogP contribution in [0.15, 0.2) is 61.2 Å². The third-order valence-corrected chi connectivity index (χ3v) is 4.32. The zero-order chi connectivity index (χ0) is 20.6. The lowest BCUT2D eigenvalue weighted by atomic mass is 10.1. The second-order valence-electron chi connectivity index (χ2n) is 6.26. The van der Waals surface area contributed by atoms with Gasteiger partial charge >= 0.3 is 0 Å². The van der Waals surface area contributed by atoms with E-state index in [9.17, 15) is 14.4 Å². The summed E-state index contributed by atoms with van der Waals surface area (Å²) in [4.78, 5) is 37.5. The van der Waals surface area contributed by atoms with Gasteiger partial charge in [0.25, 0.3) is 11.8 Å². The standard InChI is InChI=1S/C23H20N2O4/c1-2-9-17-10-3-6-13-20(17)29-15-8-7-14-24-21(26)16-25-22(27)18-11-4-5-12-19(18)23(25)28/h2-6,10-13H,1,9,14-16H2,(H,24,26). The minimum absolute atomic E-state index is 0.0969. The van der Waals surface area contributed by atoms with Gasteiger partial charge in [-0.1, -0.05) is 48.2 Å². The van der Waals surface area contributed by atoms with Crippen molar-refractivity contribution in [2.75, 3.05) is 19.7 Å². The van der Waals surface area contributed by atoms with Crippen molar-refractivity contribution in [2.45, 2.75) is 6.42 Å². The summed E-state index contributed by atoms with van der Waals surface area (Å²) in [6, 6.07) is 14.2. The molecule has 146 valence electrons. The van der Waals surface area contributed by atoms with Crippen LogP contribution in [0.3, 0.4) is 0 Å². The van der Waals surface area contributed by atoms with Crippen LogP contribution >= 0.6 is 0 Å². The van der Waals surface area contributed by atoms with Gasteiger partial charge in [0.1, 0.15) is 18.9 Å². The summed E-state index contributed by atoms with van der Waals surface area (Å²) < 4.78 is 5.64. The molecule has 0 fully saturated rings. The molecule has 3 amide bonds. The molecule has 0 saturated heterocycles. The Bertz CT molecular complexity index is 982. The van der Waals surface area contributed by atoms with Crippen molar-refractivity contribution in [3.63, 3.8) is 0 Å². The van der Waals surface area contributed by atoms with Gasteiger partial charge in [-0.05, 0) is 30.2 Å². The molecule has 29 heavy (non-hydrogen) atoms. The van der Waals surface area contributed by atoms with Gasteiger partial charge in [-0.3, -0.25) is 19.3 Å². The highest BCUT2D eigenvalue weighted by Crippen LogP contribution is 2.22. The van der Waals surface area contributed by atoms with Crippen LogP contribution in [0.25, 0.3) is 0 Å². The summed E-state index contributed by atoms with van der Waals surface area (Å²) in [6.45, 7) is 3.67. The predicted molar refractivity (Wildman–Crippen MR) is 108 cm³/mol. The number of allylic oxidation sites excluding steroid dienone is 1. The van der Waals surface area contributed by atoms with E-state index in [1.54, 1.807) is 30.3 Å². The van der Waals surface area contributed by atoms with E-state index in [2.05, 4.69) is 23.7 Å². The van der Waals surface area contributed by atoms with Crippen LogP contribution in [0.1, 0.15) is 26.3 Å².